The van der Waals surface area contributed by atoms with E-state index in [0.717, 1.165) is 51.1 Å². The third-order valence-corrected chi connectivity index (χ3v) is 4.96. The standard InChI is InChI=1S/C18H26FN3O2/c1-21-10-11-24-17-7-9-22(13-16(17)21)18(23)20-8-3-5-14-4-2-6-15(19)12-14/h2,4,6,12,16-17H,3,5,7-11,13H2,1H3,(H,20,23). The molecule has 6 heteroatoms. The number of rotatable bonds is 4. The van der Waals surface area contributed by atoms with Crippen molar-refractivity contribution < 1.29 is 13.9 Å². The summed E-state index contributed by atoms with van der Waals surface area (Å²) in [6.07, 6.45) is 2.71. The van der Waals surface area contributed by atoms with Crippen molar-refractivity contribution in [1.29, 1.82) is 0 Å². The quantitative estimate of drug-likeness (QED) is 0.855. The van der Waals surface area contributed by atoms with Gasteiger partial charge in [0, 0.05) is 26.2 Å². The molecule has 0 aromatic heterocycles. The van der Waals surface area contributed by atoms with Crippen LogP contribution in [0, 0.1) is 5.82 Å². The number of likely N-dealkylation sites (tertiary alicyclic amines) is 1. The normalized spacial score (nSPS) is 24.5. The van der Waals surface area contributed by atoms with Gasteiger partial charge in [0.15, 0.2) is 0 Å². The molecule has 5 nitrogen and oxygen atoms in total. The number of morpholine rings is 1. The SMILES string of the molecule is CN1CCOC2CCN(C(=O)NCCCc3cccc(F)c3)CC21. The summed E-state index contributed by atoms with van der Waals surface area (Å²) < 4.78 is 18.9. The Morgan fingerprint density at radius 2 is 2.29 bits per heavy atom. The monoisotopic (exact) mass is 335 g/mol. The zero-order valence-electron chi connectivity index (χ0n) is 14.2. The maximum atomic E-state index is 13.1. The number of amides is 2. The first-order valence-electron chi connectivity index (χ1n) is 8.72. The maximum Gasteiger partial charge on any atom is 0.317 e. The number of nitrogens with one attached hydrogen (secondary N) is 1. The first-order chi connectivity index (χ1) is 11.6. The number of aryl methyl sites for hydroxylation is 1. The Balaban J connectivity index is 1.40. The number of hydrogen-bond acceptors (Lipinski definition) is 3. The van der Waals surface area contributed by atoms with E-state index in [4.69, 9.17) is 4.74 Å². The number of halogens is 1. The van der Waals surface area contributed by atoms with Gasteiger partial charge in [-0.1, -0.05) is 12.1 Å². The van der Waals surface area contributed by atoms with Crippen molar-refractivity contribution in [3.63, 3.8) is 0 Å². The van der Waals surface area contributed by atoms with E-state index in [0.29, 0.717) is 12.6 Å². The molecule has 0 saturated carbocycles. The molecule has 2 unspecified atom stereocenters. The first kappa shape index (κ1) is 17.2. The summed E-state index contributed by atoms with van der Waals surface area (Å²) in [4.78, 5) is 16.5. The molecule has 3 rings (SSSR count). The van der Waals surface area contributed by atoms with Crippen LogP contribution < -0.4 is 5.32 Å². The van der Waals surface area contributed by atoms with E-state index in [9.17, 15) is 9.18 Å². The van der Waals surface area contributed by atoms with Gasteiger partial charge in [0.05, 0.1) is 18.8 Å². The second-order valence-corrected chi connectivity index (χ2v) is 6.66. The highest BCUT2D eigenvalue weighted by atomic mass is 19.1. The van der Waals surface area contributed by atoms with Crippen molar-refractivity contribution in [2.75, 3.05) is 39.8 Å². The topological polar surface area (TPSA) is 44.8 Å². The molecular formula is C18H26FN3O2. The van der Waals surface area contributed by atoms with E-state index < -0.39 is 0 Å². The zero-order chi connectivity index (χ0) is 16.9. The average molecular weight is 335 g/mol. The van der Waals surface area contributed by atoms with Crippen LogP contribution in [0.15, 0.2) is 24.3 Å². The molecule has 0 aliphatic carbocycles. The number of ether oxygens (including phenoxy) is 1. The summed E-state index contributed by atoms with van der Waals surface area (Å²) in [6, 6.07) is 6.91. The molecule has 2 aliphatic heterocycles. The molecule has 1 aromatic carbocycles. The van der Waals surface area contributed by atoms with Crippen LogP contribution in [-0.4, -0.2) is 67.8 Å². The van der Waals surface area contributed by atoms with Gasteiger partial charge in [-0.3, -0.25) is 4.90 Å². The molecule has 2 atom stereocenters. The lowest BCUT2D eigenvalue weighted by atomic mass is 9.99. The Hall–Kier alpha value is -1.66. The summed E-state index contributed by atoms with van der Waals surface area (Å²) in [7, 11) is 2.10. The van der Waals surface area contributed by atoms with Crippen molar-refractivity contribution in [3.05, 3.63) is 35.6 Å². The van der Waals surface area contributed by atoms with Crippen LogP contribution in [0.5, 0.6) is 0 Å². The first-order valence-corrected chi connectivity index (χ1v) is 8.72. The fraction of sp³-hybridized carbons (Fsp3) is 0.611. The molecule has 132 valence electrons. The molecule has 24 heavy (non-hydrogen) atoms. The van der Waals surface area contributed by atoms with Crippen LogP contribution in [-0.2, 0) is 11.2 Å². The number of urea groups is 1. The molecule has 2 amide bonds. The number of carbonyl (C=O) groups is 1. The number of carbonyl (C=O) groups excluding carboxylic acids is 1. The minimum absolute atomic E-state index is 0.00772. The predicted molar refractivity (Wildman–Crippen MR) is 90.5 cm³/mol. The molecule has 2 aliphatic rings. The predicted octanol–water partition coefficient (Wildman–Crippen LogP) is 1.87. The molecule has 1 N–H and O–H groups in total. The number of benzene rings is 1. The molecular weight excluding hydrogens is 309 g/mol. The van der Waals surface area contributed by atoms with Gasteiger partial charge in [-0.15, -0.1) is 0 Å². The Morgan fingerprint density at radius 1 is 1.42 bits per heavy atom. The lowest BCUT2D eigenvalue weighted by Crippen LogP contribution is -2.60. The highest BCUT2D eigenvalue weighted by Crippen LogP contribution is 2.21. The van der Waals surface area contributed by atoms with Crippen molar-refractivity contribution >= 4 is 6.03 Å². The van der Waals surface area contributed by atoms with Crippen LogP contribution in [0.4, 0.5) is 9.18 Å². The average Bonchev–Trinajstić information content (AvgIpc) is 2.59. The smallest absolute Gasteiger partial charge is 0.317 e. The summed E-state index contributed by atoms with van der Waals surface area (Å²) in [6.45, 7) is 3.77. The van der Waals surface area contributed by atoms with Crippen LogP contribution in [0.3, 0.4) is 0 Å². The van der Waals surface area contributed by atoms with Gasteiger partial charge in [-0.25, -0.2) is 9.18 Å². The molecule has 1 aromatic rings. The van der Waals surface area contributed by atoms with Crippen LogP contribution in [0.25, 0.3) is 0 Å². The van der Waals surface area contributed by atoms with Gasteiger partial charge < -0.3 is 15.0 Å². The molecule has 2 saturated heterocycles. The summed E-state index contributed by atoms with van der Waals surface area (Å²) in [5.74, 6) is -0.210. The van der Waals surface area contributed by atoms with Crippen molar-refractivity contribution in [2.24, 2.45) is 0 Å². The van der Waals surface area contributed by atoms with Crippen molar-refractivity contribution in [2.45, 2.75) is 31.4 Å². The fourth-order valence-electron chi connectivity index (χ4n) is 3.52. The molecule has 0 bridgehead atoms. The summed E-state index contributed by atoms with van der Waals surface area (Å²) in [5.41, 5.74) is 0.964. The minimum Gasteiger partial charge on any atom is -0.375 e. The number of nitrogens with zero attached hydrogens (tertiary/aromatic N) is 2. The van der Waals surface area contributed by atoms with Gasteiger partial charge in [-0.05, 0) is 44.0 Å². The van der Waals surface area contributed by atoms with Crippen molar-refractivity contribution in [3.8, 4) is 0 Å². The van der Waals surface area contributed by atoms with Crippen LogP contribution in [0.1, 0.15) is 18.4 Å². The second kappa shape index (κ2) is 7.94. The second-order valence-electron chi connectivity index (χ2n) is 6.66. The summed E-state index contributed by atoms with van der Waals surface area (Å²) in [5, 5.41) is 2.98. The number of likely N-dealkylation sites (N-methyl/N-ethyl adjacent to an activating group) is 1. The highest BCUT2D eigenvalue weighted by molar-refractivity contribution is 5.74. The zero-order valence-corrected chi connectivity index (χ0v) is 14.2. The van der Waals surface area contributed by atoms with E-state index in [2.05, 4.69) is 17.3 Å². The molecule has 0 spiro atoms. The van der Waals surface area contributed by atoms with Crippen LogP contribution in [0.2, 0.25) is 0 Å². The third-order valence-electron chi connectivity index (χ3n) is 4.96. The Labute approximate surface area is 142 Å². The Kier molecular flexibility index (Phi) is 5.68. The highest BCUT2D eigenvalue weighted by Gasteiger charge is 2.36. The Morgan fingerprint density at radius 3 is 3.12 bits per heavy atom. The number of hydrogen-bond donors (Lipinski definition) is 1. The van der Waals surface area contributed by atoms with E-state index in [-0.39, 0.29) is 18.0 Å². The molecule has 2 fully saturated rings. The van der Waals surface area contributed by atoms with E-state index in [1.807, 2.05) is 11.0 Å². The van der Waals surface area contributed by atoms with Gasteiger partial charge in [0.2, 0.25) is 0 Å². The Bertz CT molecular complexity index is 569. The number of fused-ring (bicyclic) bond motifs is 1. The minimum atomic E-state index is -0.210. The molecule has 0 radical (unpaired) electrons. The summed E-state index contributed by atoms with van der Waals surface area (Å²) >= 11 is 0. The van der Waals surface area contributed by atoms with E-state index >= 15 is 0 Å². The lowest BCUT2D eigenvalue weighted by molar-refractivity contribution is -0.0881. The van der Waals surface area contributed by atoms with Gasteiger partial charge in [0.1, 0.15) is 5.82 Å². The van der Waals surface area contributed by atoms with Gasteiger partial charge in [0.25, 0.3) is 0 Å². The lowest BCUT2D eigenvalue weighted by Gasteiger charge is -2.45. The number of piperidine rings is 1. The van der Waals surface area contributed by atoms with E-state index in [1.54, 1.807) is 12.1 Å². The van der Waals surface area contributed by atoms with Crippen LogP contribution >= 0.6 is 0 Å². The third kappa shape index (κ3) is 4.24. The van der Waals surface area contributed by atoms with Crippen molar-refractivity contribution in [1.82, 2.24) is 15.1 Å². The molecule has 2 heterocycles. The van der Waals surface area contributed by atoms with Gasteiger partial charge in [-0.2, -0.15) is 0 Å². The maximum absolute atomic E-state index is 13.1. The van der Waals surface area contributed by atoms with E-state index in [1.165, 1.54) is 6.07 Å². The largest absolute Gasteiger partial charge is 0.375 e. The fourth-order valence-corrected chi connectivity index (χ4v) is 3.52. The van der Waals surface area contributed by atoms with Gasteiger partial charge >= 0.3 is 6.03 Å².